The van der Waals surface area contributed by atoms with Crippen LogP contribution >= 0.6 is 11.8 Å². The van der Waals surface area contributed by atoms with E-state index in [9.17, 15) is 4.79 Å². The standard InChI is InChI=1S/C12H21NO3S/c14-11(15)1-5-13-10-2-6-16-12(9-10)3-7-17-8-4-12/h10,13H,1-9H2,(H,14,15). The van der Waals surface area contributed by atoms with Crippen LogP contribution in [0.1, 0.15) is 32.1 Å². The summed E-state index contributed by atoms with van der Waals surface area (Å²) in [5.74, 6) is 1.66. The van der Waals surface area contributed by atoms with E-state index >= 15 is 0 Å². The lowest BCUT2D eigenvalue weighted by Crippen LogP contribution is -2.49. The molecule has 0 aromatic heterocycles. The second-order valence-corrected chi connectivity index (χ2v) is 6.16. The molecule has 17 heavy (non-hydrogen) atoms. The molecule has 2 aliphatic heterocycles. The molecule has 2 N–H and O–H groups in total. The SMILES string of the molecule is O=C(O)CCNC1CCOC2(CCSCC2)C1. The quantitative estimate of drug-likeness (QED) is 0.801. The monoisotopic (exact) mass is 259 g/mol. The summed E-state index contributed by atoms with van der Waals surface area (Å²) in [6.07, 6.45) is 4.56. The highest BCUT2D eigenvalue weighted by Crippen LogP contribution is 2.37. The summed E-state index contributed by atoms with van der Waals surface area (Å²) in [6, 6.07) is 0.436. The third kappa shape index (κ3) is 3.86. The van der Waals surface area contributed by atoms with Crippen molar-refractivity contribution in [1.82, 2.24) is 5.32 Å². The van der Waals surface area contributed by atoms with Crippen LogP contribution in [0, 0.1) is 0 Å². The largest absolute Gasteiger partial charge is 0.481 e. The Bertz CT molecular complexity index is 261. The van der Waals surface area contributed by atoms with Gasteiger partial charge in [0.15, 0.2) is 0 Å². The fraction of sp³-hybridized carbons (Fsp3) is 0.917. The second-order valence-electron chi connectivity index (χ2n) is 4.93. The average molecular weight is 259 g/mol. The molecule has 0 aromatic rings. The zero-order valence-electron chi connectivity index (χ0n) is 10.1. The molecule has 2 fully saturated rings. The van der Waals surface area contributed by atoms with Gasteiger partial charge in [0.05, 0.1) is 12.0 Å². The molecule has 1 unspecified atom stereocenters. The molecule has 4 nitrogen and oxygen atoms in total. The van der Waals surface area contributed by atoms with Crippen molar-refractivity contribution in [3.05, 3.63) is 0 Å². The molecular weight excluding hydrogens is 238 g/mol. The van der Waals surface area contributed by atoms with Crippen molar-refractivity contribution in [3.63, 3.8) is 0 Å². The van der Waals surface area contributed by atoms with Gasteiger partial charge in [-0.15, -0.1) is 0 Å². The van der Waals surface area contributed by atoms with Crippen molar-refractivity contribution in [2.45, 2.75) is 43.7 Å². The minimum atomic E-state index is -0.728. The number of rotatable bonds is 4. The van der Waals surface area contributed by atoms with Crippen molar-refractivity contribution in [2.24, 2.45) is 0 Å². The molecule has 5 heteroatoms. The van der Waals surface area contributed by atoms with Crippen LogP contribution < -0.4 is 5.32 Å². The Hall–Kier alpha value is -0.260. The molecule has 0 bridgehead atoms. The maximum Gasteiger partial charge on any atom is 0.304 e. The molecule has 1 spiro atoms. The molecule has 0 aromatic carbocycles. The van der Waals surface area contributed by atoms with Gasteiger partial charge < -0.3 is 15.2 Å². The third-order valence-corrected chi connectivity index (χ3v) is 4.65. The van der Waals surface area contributed by atoms with Crippen molar-refractivity contribution < 1.29 is 14.6 Å². The number of carboxylic acids is 1. The molecule has 2 aliphatic rings. The Morgan fingerprint density at radius 3 is 2.94 bits per heavy atom. The zero-order valence-corrected chi connectivity index (χ0v) is 10.9. The fourth-order valence-corrected chi connectivity index (χ4v) is 3.91. The third-order valence-electron chi connectivity index (χ3n) is 3.67. The number of carboxylic acid groups (broad SMARTS) is 1. The molecule has 2 rings (SSSR count). The van der Waals surface area contributed by atoms with Crippen molar-refractivity contribution in [1.29, 1.82) is 0 Å². The Kier molecular flexibility index (Phi) is 4.70. The van der Waals surface area contributed by atoms with Crippen LogP contribution in [0.25, 0.3) is 0 Å². The maximum absolute atomic E-state index is 10.5. The van der Waals surface area contributed by atoms with E-state index in [1.807, 2.05) is 11.8 Å². The van der Waals surface area contributed by atoms with Crippen LogP contribution in [-0.2, 0) is 9.53 Å². The number of aliphatic carboxylic acids is 1. The molecule has 2 saturated heterocycles. The highest BCUT2D eigenvalue weighted by atomic mass is 32.2. The predicted octanol–water partition coefficient (Wildman–Crippen LogP) is 1.50. The van der Waals surface area contributed by atoms with E-state index in [0.29, 0.717) is 12.6 Å². The summed E-state index contributed by atoms with van der Waals surface area (Å²) in [4.78, 5) is 10.5. The summed E-state index contributed by atoms with van der Waals surface area (Å²) in [5.41, 5.74) is 0.0877. The van der Waals surface area contributed by atoms with Gasteiger partial charge in [-0.05, 0) is 37.2 Å². The lowest BCUT2D eigenvalue weighted by molar-refractivity contribution is -0.137. The Labute approximate surface area is 106 Å². The predicted molar refractivity (Wildman–Crippen MR) is 68.5 cm³/mol. The molecule has 0 amide bonds. The summed E-state index contributed by atoms with van der Waals surface area (Å²) in [7, 11) is 0. The van der Waals surface area contributed by atoms with Crippen molar-refractivity contribution in [2.75, 3.05) is 24.7 Å². The molecule has 2 heterocycles. The molecule has 0 radical (unpaired) electrons. The van der Waals surface area contributed by atoms with Gasteiger partial charge in [0.25, 0.3) is 0 Å². The van der Waals surface area contributed by atoms with Crippen LogP contribution in [0.3, 0.4) is 0 Å². The van der Waals surface area contributed by atoms with Crippen LogP contribution in [0.5, 0.6) is 0 Å². The van der Waals surface area contributed by atoms with E-state index in [4.69, 9.17) is 9.84 Å². The van der Waals surface area contributed by atoms with Gasteiger partial charge in [-0.2, -0.15) is 11.8 Å². The Morgan fingerprint density at radius 1 is 1.47 bits per heavy atom. The molecule has 0 saturated carbocycles. The summed E-state index contributed by atoms with van der Waals surface area (Å²) < 4.78 is 5.99. The number of carbonyl (C=O) groups is 1. The van der Waals surface area contributed by atoms with Gasteiger partial charge in [0.2, 0.25) is 0 Å². The van der Waals surface area contributed by atoms with Crippen LogP contribution in [0.2, 0.25) is 0 Å². The van der Waals surface area contributed by atoms with E-state index in [2.05, 4.69) is 5.32 Å². The van der Waals surface area contributed by atoms with Gasteiger partial charge in [-0.1, -0.05) is 0 Å². The number of nitrogens with one attached hydrogen (secondary N) is 1. The first kappa shape index (κ1) is 13.2. The van der Waals surface area contributed by atoms with Gasteiger partial charge in [0, 0.05) is 19.2 Å². The summed E-state index contributed by atoms with van der Waals surface area (Å²) >= 11 is 2.01. The smallest absolute Gasteiger partial charge is 0.304 e. The van der Waals surface area contributed by atoms with Crippen LogP contribution in [0.15, 0.2) is 0 Å². The van der Waals surface area contributed by atoms with Crippen molar-refractivity contribution >= 4 is 17.7 Å². The highest BCUT2D eigenvalue weighted by Gasteiger charge is 2.38. The highest BCUT2D eigenvalue weighted by molar-refractivity contribution is 7.99. The first-order valence-corrected chi connectivity index (χ1v) is 7.53. The van der Waals surface area contributed by atoms with E-state index < -0.39 is 5.97 Å². The zero-order chi connectivity index (χ0) is 12.1. The Balaban J connectivity index is 1.77. The lowest BCUT2D eigenvalue weighted by Gasteiger charge is -2.43. The van der Waals surface area contributed by atoms with Crippen LogP contribution in [0.4, 0.5) is 0 Å². The molecular formula is C12H21NO3S. The minimum absolute atomic E-state index is 0.0877. The molecule has 98 valence electrons. The first-order chi connectivity index (χ1) is 8.20. The molecule has 1 atom stereocenters. The van der Waals surface area contributed by atoms with Gasteiger partial charge in [-0.3, -0.25) is 4.79 Å². The van der Waals surface area contributed by atoms with E-state index in [1.54, 1.807) is 0 Å². The van der Waals surface area contributed by atoms with E-state index in [0.717, 1.165) is 32.3 Å². The van der Waals surface area contributed by atoms with Gasteiger partial charge in [-0.25, -0.2) is 0 Å². The average Bonchev–Trinajstić information content (AvgIpc) is 2.29. The number of hydrogen-bond acceptors (Lipinski definition) is 4. The van der Waals surface area contributed by atoms with Gasteiger partial charge in [0.1, 0.15) is 0 Å². The first-order valence-electron chi connectivity index (χ1n) is 6.37. The fourth-order valence-electron chi connectivity index (χ4n) is 2.68. The Morgan fingerprint density at radius 2 is 2.24 bits per heavy atom. The van der Waals surface area contributed by atoms with E-state index in [1.165, 1.54) is 11.5 Å². The normalized spacial score (nSPS) is 28.1. The van der Waals surface area contributed by atoms with E-state index in [-0.39, 0.29) is 12.0 Å². The van der Waals surface area contributed by atoms with Gasteiger partial charge >= 0.3 is 5.97 Å². The summed E-state index contributed by atoms with van der Waals surface area (Å²) in [5, 5.41) is 12.0. The minimum Gasteiger partial charge on any atom is -0.481 e. The number of hydrogen-bond donors (Lipinski definition) is 2. The summed E-state index contributed by atoms with van der Waals surface area (Å²) in [6.45, 7) is 1.39. The van der Waals surface area contributed by atoms with Crippen LogP contribution in [-0.4, -0.2) is 47.4 Å². The van der Waals surface area contributed by atoms with Crippen molar-refractivity contribution in [3.8, 4) is 0 Å². The molecule has 0 aliphatic carbocycles. The number of ether oxygens (including phenoxy) is 1. The second kappa shape index (κ2) is 6.07. The number of thioether (sulfide) groups is 1. The topological polar surface area (TPSA) is 58.6 Å². The lowest BCUT2D eigenvalue weighted by atomic mass is 9.85. The maximum atomic E-state index is 10.5.